The first kappa shape index (κ1) is 23.8. The SMILES string of the molecule is CC(C)OC(=O)N1C(=O)CCc2ccc(CCN3CCN(c4cc(F)cc5sccc45)CC3)cc21. The Hall–Kier alpha value is -2.97. The highest BCUT2D eigenvalue weighted by atomic mass is 32.1. The van der Waals surface area contributed by atoms with E-state index < -0.39 is 6.09 Å². The Bertz CT molecular complexity index is 1250. The van der Waals surface area contributed by atoms with Gasteiger partial charge in [-0.3, -0.25) is 9.69 Å². The van der Waals surface area contributed by atoms with Crippen molar-refractivity contribution in [2.75, 3.05) is 42.5 Å². The van der Waals surface area contributed by atoms with Crippen LogP contribution in [0.15, 0.2) is 41.8 Å². The summed E-state index contributed by atoms with van der Waals surface area (Å²) >= 11 is 1.57. The maximum Gasteiger partial charge on any atom is 0.421 e. The molecule has 5 rings (SSSR count). The molecule has 0 radical (unpaired) electrons. The fourth-order valence-electron chi connectivity index (χ4n) is 4.91. The molecule has 1 saturated heterocycles. The van der Waals surface area contributed by atoms with Crippen LogP contribution >= 0.6 is 11.3 Å². The molecule has 0 atom stereocenters. The van der Waals surface area contributed by atoms with E-state index in [1.165, 1.54) is 4.90 Å². The number of hydrogen-bond acceptors (Lipinski definition) is 6. The number of aryl methyl sites for hydroxylation is 1. The highest BCUT2D eigenvalue weighted by Crippen LogP contribution is 2.33. The van der Waals surface area contributed by atoms with Crippen molar-refractivity contribution in [3.63, 3.8) is 0 Å². The molecule has 6 nitrogen and oxygen atoms in total. The van der Waals surface area contributed by atoms with Gasteiger partial charge >= 0.3 is 6.09 Å². The molecule has 0 unspecified atom stereocenters. The molecular formula is C27H30FN3O3S. The summed E-state index contributed by atoms with van der Waals surface area (Å²) in [6.07, 6.45) is 0.886. The third-order valence-electron chi connectivity index (χ3n) is 6.71. The van der Waals surface area contributed by atoms with Crippen LogP contribution in [0.2, 0.25) is 0 Å². The number of ether oxygens (including phenoxy) is 1. The molecule has 0 spiro atoms. The average molecular weight is 496 g/mol. The first-order valence-corrected chi connectivity index (χ1v) is 13.1. The van der Waals surface area contributed by atoms with Crippen LogP contribution in [0.1, 0.15) is 31.4 Å². The Morgan fingerprint density at radius 1 is 1.06 bits per heavy atom. The van der Waals surface area contributed by atoms with E-state index in [9.17, 15) is 14.0 Å². The normalized spacial score (nSPS) is 16.7. The fraction of sp³-hybridized carbons (Fsp3) is 0.407. The molecule has 1 fully saturated rings. The van der Waals surface area contributed by atoms with E-state index >= 15 is 0 Å². The number of rotatable bonds is 5. The second-order valence-electron chi connectivity index (χ2n) is 9.46. The van der Waals surface area contributed by atoms with Gasteiger partial charge in [-0.2, -0.15) is 0 Å². The summed E-state index contributed by atoms with van der Waals surface area (Å²) in [7, 11) is 0. The highest BCUT2D eigenvalue weighted by Gasteiger charge is 2.31. The molecule has 184 valence electrons. The van der Waals surface area contributed by atoms with Gasteiger partial charge in [-0.25, -0.2) is 14.1 Å². The monoisotopic (exact) mass is 495 g/mol. The summed E-state index contributed by atoms with van der Waals surface area (Å²) in [5.41, 5.74) is 3.72. The molecule has 1 aromatic heterocycles. The lowest BCUT2D eigenvalue weighted by atomic mass is 9.98. The maximum absolute atomic E-state index is 14.1. The van der Waals surface area contributed by atoms with Gasteiger partial charge in [0.15, 0.2) is 0 Å². The van der Waals surface area contributed by atoms with Crippen LogP contribution in [0.5, 0.6) is 0 Å². The third-order valence-corrected chi connectivity index (χ3v) is 7.58. The molecule has 35 heavy (non-hydrogen) atoms. The predicted molar refractivity (Wildman–Crippen MR) is 138 cm³/mol. The molecule has 2 aliphatic heterocycles. The molecule has 2 aromatic carbocycles. The summed E-state index contributed by atoms with van der Waals surface area (Å²) in [6, 6.07) is 11.4. The highest BCUT2D eigenvalue weighted by molar-refractivity contribution is 7.17. The van der Waals surface area contributed by atoms with Gasteiger partial charge in [-0.15, -0.1) is 11.3 Å². The Kier molecular flexibility index (Phi) is 6.75. The van der Waals surface area contributed by atoms with Crippen LogP contribution in [0.3, 0.4) is 0 Å². The second-order valence-corrected chi connectivity index (χ2v) is 10.4. The minimum absolute atomic E-state index is 0.186. The van der Waals surface area contributed by atoms with Gasteiger partial charge in [0.05, 0.1) is 11.8 Å². The molecule has 0 bridgehead atoms. The predicted octanol–water partition coefficient (Wildman–Crippen LogP) is 5.23. The molecule has 0 N–H and O–H groups in total. The third kappa shape index (κ3) is 5.04. The van der Waals surface area contributed by atoms with Gasteiger partial charge in [0.2, 0.25) is 5.91 Å². The van der Waals surface area contributed by atoms with Crippen LogP contribution in [0.4, 0.5) is 20.6 Å². The van der Waals surface area contributed by atoms with Crippen LogP contribution in [-0.2, 0) is 22.4 Å². The van der Waals surface area contributed by atoms with Gasteiger partial charge in [0.1, 0.15) is 5.82 Å². The number of piperazine rings is 1. The zero-order chi connectivity index (χ0) is 24.5. The largest absolute Gasteiger partial charge is 0.446 e. The van der Waals surface area contributed by atoms with E-state index in [1.807, 2.05) is 17.5 Å². The number of imide groups is 1. The van der Waals surface area contributed by atoms with Crippen LogP contribution in [0.25, 0.3) is 10.1 Å². The Morgan fingerprint density at radius 2 is 1.86 bits per heavy atom. The summed E-state index contributed by atoms with van der Waals surface area (Å²) in [6.45, 7) is 7.94. The lowest BCUT2D eigenvalue weighted by Gasteiger charge is -2.36. The van der Waals surface area contributed by atoms with Crippen LogP contribution in [0, 0.1) is 5.82 Å². The molecular weight excluding hydrogens is 465 g/mol. The second kappa shape index (κ2) is 9.95. The molecule has 2 aliphatic rings. The van der Waals surface area contributed by atoms with Crippen molar-refractivity contribution in [1.82, 2.24) is 4.90 Å². The molecule has 2 amide bonds. The smallest absolute Gasteiger partial charge is 0.421 e. The lowest BCUT2D eigenvalue weighted by Crippen LogP contribution is -2.47. The van der Waals surface area contributed by atoms with Gasteiger partial charge in [-0.1, -0.05) is 12.1 Å². The summed E-state index contributed by atoms with van der Waals surface area (Å²) in [5.74, 6) is -0.400. The van der Waals surface area contributed by atoms with Gasteiger partial charge < -0.3 is 9.64 Å². The number of anilines is 2. The molecule has 3 aromatic rings. The van der Waals surface area contributed by atoms with E-state index in [0.717, 1.165) is 66.0 Å². The van der Waals surface area contributed by atoms with Gasteiger partial charge in [0, 0.05) is 54.9 Å². The molecule has 3 heterocycles. The van der Waals surface area contributed by atoms with Crippen molar-refractivity contribution in [2.24, 2.45) is 0 Å². The number of halogens is 1. The van der Waals surface area contributed by atoms with Gasteiger partial charge in [-0.05, 0) is 67.5 Å². The minimum Gasteiger partial charge on any atom is -0.446 e. The van der Waals surface area contributed by atoms with E-state index in [1.54, 1.807) is 37.3 Å². The number of carbonyl (C=O) groups excluding carboxylic acids is 2. The maximum atomic E-state index is 14.1. The standard InChI is InChI=1S/C27H30FN3O3S/c1-18(2)34-27(33)31-23-15-19(3-4-20(23)5-6-26(31)32)7-9-29-10-12-30(13-11-29)24-16-21(28)17-25-22(24)8-14-35-25/h3-4,8,14-18H,5-7,9-13H2,1-2H3. The average Bonchev–Trinajstić information content (AvgIpc) is 3.30. The van der Waals surface area contributed by atoms with Crippen molar-refractivity contribution >= 4 is 44.8 Å². The minimum atomic E-state index is -0.601. The first-order chi connectivity index (χ1) is 16.9. The van der Waals surface area contributed by atoms with Crippen molar-refractivity contribution in [1.29, 1.82) is 0 Å². The number of benzene rings is 2. The number of fused-ring (bicyclic) bond motifs is 2. The van der Waals surface area contributed by atoms with Gasteiger partial charge in [0.25, 0.3) is 0 Å². The molecule has 8 heteroatoms. The quantitative estimate of drug-likeness (QED) is 0.485. The summed E-state index contributed by atoms with van der Waals surface area (Å²) < 4.78 is 20.4. The van der Waals surface area contributed by atoms with Crippen molar-refractivity contribution in [3.05, 3.63) is 58.7 Å². The van der Waals surface area contributed by atoms with Crippen molar-refractivity contribution < 1.29 is 18.7 Å². The van der Waals surface area contributed by atoms with Crippen LogP contribution < -0.4 is 9.80 Å². The van der Waals surface area contributed by atoms with E-state index in [-0.39, 0.29) is 17.8 Å². The van der Waals surface area contributed by atoms with Crippen molar-refractivity contribution in [3.8, 4) is 0 Å². The summed E-state index contributed by atoms with van der Waals surface area (Å²) in [5, 5.41) is 3.13. The van der Waals surface area contributed by atoms with E-state index in [0.29, 0.717) is 18.5 Å². The number of amides is 2. The number of nitrogens with zero attached hydrogens (tertiary/aromatic N) is 3. The summed E-state index contributed by atoms with van der Waals surface area (Å²) in [4.78, 5) is 31.0. The molecule has 0 saturated carbocycles. The number of thiophene rings is 1. The first-order valence-electron chi connectivity index (χ1n) is 12.2. The Balaban J connectivity index is 1.22. The Morgan fingerprint density at radius 3 is 2.63 bits per heavy atom. The number of carbonyl (C=O) groups is 2. The number of hydrogen-bond donors (Lipinski definition) is 0. The fourth-order valence-corrected chi connectivity index (χ4v) is 5.74. The van der Waals surface area contributed by atoms with Crippen molar-refractivity contribution in [2.45, 2.75) is 39.2 Å². The molecule has 0 aliphatic carbocycles. The zero-order valence-electron chi connectivity index (χ0n) is 20.1. The lowest BCUT2D eigenvalue weighted by molar-refractivity contribution is -0.118. The van der Waals surface area contributed by atoms with Crippen LogP contribution in [-0.4, -0.2) is 55.7 Å². The Labute approximate surface area is 208 Å². The van der Waals surface area contributed by atoms with E-state index in [2.05, 4.69) is 21.9 Å². The zero-order valence-corrected chi connectivity index (χ0v) is 20.9. The topological polar surface area (TPSA) is 53.1 Å². The van der Waals surface area contributed by atoms with E-state index in [4.69, 9.17) is 4.74 Å².